The highest BCUT2D eigenvalue weighted by Crippen LogP contribution is 1.91. The van der Waals surface area contributed by atoms with Crippen LogP contribution >= 0.6 is 0 Å². The molecule has 17 heavy (non-hydrogen) atoms. The van der Waals surface area contributed by atoms with Crippen LogP contribution in [0.15, 0.2) is 0 Å². The molecule has 0 aromatic heterocycles. The van der Waals surface area contributed by atoms with Crippen molar-refractivity contribution in [2.45, 2.75) is 25.8 Å². The number of nitrogens with one attached hydrogen (secondary N) is 2. The van der Waals surface area contributed by atoms with Gasteiger partial charge in [0.25, 0.3) is 0 Å². The Balaban J connectivity index is 3.42. The molecule has 0 aliphatic carbocycles. The van der Waals surface area contributed by atoms with Crippen LogP contribution in [0.4, 0.5) is 0 Å². The smallest absolute Gasteiger partial charge is 0.233 e. The van der Waals surface area contributed by atoms with E-state index in [1.54, 1.807) is 7.11 Å². The van der Waals surface area contributed by atoms with Crippen LogP contribution in [0.3, 0.4) is 0 Å². The van der Waals surface area contributed by atoms with E-state index in [4.69, 9.17) is 4.74 Å². The maximum absolute atomic E-state index is 11.4. The summed E-state index contributed by atoms with van der Waals surface area (Å²) in [5.74, 6) is 0.0535. The van der Waals surface area contributed by atoms with Crippen molar-refractivity contribution in [3.63, 3.8) is 0 Å². The van der Waals surface area contributed by atoms with Crippen molar-refractivity contribution < 1.29 is 9.53 Å². The van der Waals surface area contributed by atoms with Crippen molar-refractivity contribution in [2.75, 3.05) is 47.4 Å². The van der Waals surface area contributed by atoms with E-state index >= 15 is 0 Å². The second kappa shape index (κ2) is 10.5. The SMILES string of the molecule is COCCCNC(=O)CNC(C)CCN(C)C. The molecule has 1 unspecified atom stereocenters. The molecular formula is C12H27N3O2. The lowest BCUT2D eigenvalue weighted by Crippen LogP contribution is -2.39. The van der Waals surface area contributed by atoms with Crippen LogP contribution < -0.4 is 10.6 Å². The van der Waals surface area contributed by atoms with Crippen molar-refractivity contribution in [1.82, 2.24) is 15.5 Å². The Morgan fingerprint density at radius 3 is 2.71 bits per heavy atom. The summed E-state index contributed by atoms with van der Waals surface area (Å²) >= 11 is 0. The van der Waals surface area contributed by atoms with E-state index in [1.807, 2.05) is 0 Å². The minimum Gasteiger partial charge on any atom is -0.385 e. The molecule has 0 fully saturated rings. The Morgan fingerprint density at radius 2 is 2.12 bits per heavy atom. The second-order valence-electron chi connectivity index (χ2n) is 4.57. The normalized spacial score (nSPS) is 12.8. The van der Waals surface area contributed by atoms with Gasteiger partial charge in [-0.2, -0.15) is 0 Å². The van der Waals surface area contributed by atoms with Gasteiger partial charge in [-0.3, -0.25) is 4.79 Å². The number of hydrogen-bond acceptors (Lipinski definition) is 4. The molecule has 0 radical (unpaired) electrons. The zero-order valence-corrected chi connectivity index (χ0v) is 11.6. The Hall–Kier alpha value is -0.650. The molecule has 0 saturated heterocycles. The molecule has 0 aromatic rings. The third-order valence-corrected chi connectivity index (χ3v) is 2.47. The van der Waals surface area contributed by atoms with Crippen LogP contribution in [-0.4, -0.2) is 64.3 Å². The summed E-state index contributed by atoms with van der Waals surface area (Å²) in [4.78, 5) is 13.6. The van der Waals surface area contributed by atoms with Gasteiger partial charge in [-0.1, -0.05) is 0 Å². The van der Waals surface area contributed by atoms with E-state index in [2.05, 4.69) is 36.6 Å². The molecule has 1 amide bonds. The fourth-order valence-electron chi connectivity index (χ4n) is 1.33. The van der Waals surface area contributed by atoms with Gasteiger partial charge < -0.3 is 20.3 Å². The van der Waals surface area contributed by atoms with Gasteiger partial charge >= 0.3 is 0 Å². The van der Waals surface area contributed by atoms with Gasteiger partial charge in [0.05, 0.1) is 6.54 Å². The second-order valence-corrected chi connectivity index (χ2v) is 4.57. The topological polar surface area (TPSA) is 53.6 Å². The number of amides is 1. The lowest BCUT2D eigenvalue weighted by molar-refractivity contribution is -0.120. The van der Waals surface area contributed by atoms with Crippen LogP contribution in [0, 0.1) is 0 Å². The first-order valence-electron chi connectivity index (χ1n) is 6.20. The van der Waals surface area contributed by atoms with Gasteiger partial charge in [-0.25, -0.2) is 0 Å². The van der Waals surface area contributed by atoms with Crippen molar-refractivity contribution in [3.8, 4) is 0 Å². The first-order chi connectivity index (χ1) is 8.06. The predicted octanol–water partition coefficient (Wildman–Crippen LogP) is 0.0689. The molecule has 0 heterocycles. The summed E-state index contributed by atoms with van der Waals surface area (Å²) in [6.45, 7) is 4.89. The number of rotatable bonds is 10. The van der Waals surface area contributed by atoms with Crippen molar-refractivity contribution in [1.29, 1.82) is 0 Å². The first-order valence-corrected chi connectivity index (χ1v) is 6.20. The molecular weight excluding hydrogens is 218 g/mol. The van der Waals surface area contributed by atoms with E-state index in [0.29, 0.717) is 25.7 Å². The van der Waals surface area contributed by atoms with Gasteiger partial charge in [-0.05, 0) is 40.4 Å². The number of nitrogens with zero attached hydrogens (tertiary/aromatic N) is 1. The number of methoxy groups -OCH3 is 1. The summed E-state index contributed by atoms with van der Waals surface area (Å²) in [5.41, 5.74) is 0. The van der Waals surface area contributed by atoms with E-state index in [9.17, 15) is 4.79 Å². The summed E-state index contributed by atoms with van der Waals surface area (Å²) in [6, 6.07) is 0.363. The molecule has 1 atom stereocenters. The van der Waals surface area contributed by atoms with Crippen molar-refractivity contribution in [2.24, 2.45) is 0 Å². The fraction of sp³-hybridized carbons (Fsp3) is 0.917. The Labute approximate surface area is 105 Å². The summed E-state index contributed by atoms with van der Waals surface area (Å²) in [6.07, 6.45) is 1.91. The Morgan fingerprint density at radius 1 is 1.41 bits per heavy atom. The van der Waals surface area contributed by atoms with Gasteiger partial charge in [0.15, 0.2) is 0 Å². The lowest BCUT2D eigenvalue weighted by atomic mass is 10.2. The van der Waals surface area contributed by atoms with Crippen LogP contribution in [0.25, 0.3) is 0 Å². The Kier molecular flexibility index (Phi) is 10.1. The van der Waals surface area contributed by atoms with Gasteiger partial charge in [0.1, 0.15) is 0 Å². The monoisotopic (exact) mass is 245 g/mol. The van der Waals surface area contributed by atoms with Crippen LogP contribution in [0.1, 0.15) is 19.8 Å². The molecule has 0 aromatic carbocycles. The average molecular weight is 245 g/mol. The molecule has 5 nitrogen and oxygen atoms in total. The first kappa shape index (κ1) is 16.4. The van der Waals surface area contributed by atoms with Gasteiger partial charge in [-0.15, -0.1) is 0 Å². The van der Waals surface area contributed by atoms with Crippen LogP contribution in [0.5, 0.6) is 0 Å². The maximum Gasteiger partial charge on any atom is 0.233 e. The van der Waals surface area contributed by atoms with Crippen LogP contribution in [0.2, 0.25) is 0 Å². The molecule has 102 valence electrons. The quantitative estimate of drug-likeness (QED) is 0.535. The van der Waals surface area contributed by atoms with Gasteiger partial charge in [0.2, 0.25) is 5.91 Å². The molecule has 0 rings (SSSR count). The largest absolute Gasteiger partial charge is 0.385 e. The number of hydrogen-bond donors (Lipinski definition) is 2. The molecule has 0 saturated carbocycles. The zero-order valence-electron chi connectivity index (χ0n) is 11.6. The van der Waals surface area contributed by atoms with E-state index in [1.165, 1.54) is 0 Å². The minimum absolute atomic E-state index is 0.0535. The standard InChI is InChI=1S/C12H27N3O2/c1-11(6-8-15(2)3)14-10-12(16)13-7-5-9-17-4/h11,14H,5-10H2,1-4H3,(H,13,16). The molecule has 0 aliphatic rings. The summed E-state index contributed by atoms with van der Waals surface area (Å²) in [5, 5.41) is 6.05. The highest BCUT2D eigenvalue weighted by Gasteiger charge is 2.05. The van der Waals surface area contributed by atoms with E-state index in [0.717, 1.165) is 19.4 Å². The molecule has 0 spiro atoms. The highest BCUT2D eigenvalue weighted by atomic mass is 16.5. The number of carbonyl (C=O) groups is 1. The number of carbonyl (C=O) groups excluding carboxylic acids is 1. The lowest BCUT2D eigenvalue weighted by Gasteiger charge is -2.16. The van der Waals surface area contributed by atoms with Crippen LogP contribution in [-0.2, 0) is 9.53 Å². The van der Waals surface area contributed by atoms with Crippen molar-refractivity contribution >= 4 is 5.91 Å². The number of ether oxygens (including phenoxy) is 1. The molecule has 2 N–H and O–H groups in total. The van der Waals surface area contributed by atoms with E-state index in [-0.39, 0.29) is 5.91 Å². The Bertz CT molecular complexity index is 198. The molecule has 0 bridgehead atoms. The minimum atomic E-state index is 0.0535. The van der Waals surface area contributed by atoms with Crippen molar-refractivity contribution in [3.05, 3.63) is 0 Å². The zero-order chi connectivity index (χ0) is 13.1. The highest BCUT2D eigenvalue weighted by molar-refractivity contribution is 5.77. The average Bonchev–Trinajstić information content (AvgIpc) is 2.29. The predicted molar refractivity (Wildman–Crippen MR) is 70.1 cm³/mol. The summed E-state index contributed by atoms with van der Waals surface area (Å²) < 4.78 is 4.90. The maximum atomic E-state index is 11.4. The molecule has 0 aliphatic heterocycles. The van der Waals surface area contributed by atoms with Gasteiger partial charge in [0, 0.05) is 26.3 Å². The van der Waals surface area contributed by atoms with E-state index < -0.39 is 0 Å². The fourth-order valence-corrected chi connectivity index (χ4v) is 1.33. The third-order valence-electron chi connectivity index (χ3n) is 2.47. The third kappa shape index (κ3) is 11.6. The summed E-state index contributed by atoms with van der Waals surface area (Å²) in [7, 11) is 5.76. The molecule has 5 heteroatoms.